The Hall–Kier alpha value is -1.35. The molecule has 2 aliphatic rings. The lowest BCUT2D eigenvalue weighted by Crippen LogP contribution is -2.52. The molecule has 1 aromatic rings. The van der Waals surface area contributed by atoms with E-state index in [1.165, 1.54) is 0 Å². The second kappa shape index (κ2) is 10.4. The molecule has 28 heavy (non-hydrogen) atoms. The Morgan fingerprint density at radius 1 is 1.11 bits per heavy atom. The molecule has 2 fully saturated rings. The highest BCUT2D eigenvalue weighted by atomic mass is 35.5. The van der Waals surface area contributed by atoms with E-state index in [1.54, 1.807) is 19.1 Å². The van der Waals surface area contributed by atoms with Crippen LogP contribution in [0.25, 0.3) is 0 Å². The van der Waals surface area contributed by atoms with Gasteiger partial charge in [-0.25, -0.2) is 8.78 Å². The molecule has 1 atom stereocenters. The van der Waals surface area contributed by atoms with Crippen molar-refractivity contribution >= 4 is 30.7 Å². The molecule has 3 rings (SSSR count). The van der Waals surface area contributed by atoms with Crippen molar-refractivity contribution in [2.45, 2.75) is 24.9 Å². The largest absolute Gasteiger partial charge is 0.497 e. The Labute approximate surface area is 176 Å². The van der Waals surface area contributed by atoms with Gasteiger partial charge in [0.15, 0.2) is 0 Å². The van der Waals surface area contributed by atoms with Crippen LogP contribution in [-0.2, 0) is 11.3 Å². The molecule has 0 saturated carbocycles. The summed E-state index contributed by atoms with van der Waals surface area (Å²) >= 11 is 0. The molecule has 1 aromatic carbocycles. The zero-order chi connectivity index (χ0) is 18.7. The van der Waals surface area contributed by atoms with Crippen molar-refractivity contribution in [3.05, 3.63) is 23.8 Å². The van der Waals surface area contributed by atoms with E-state index >= 15 is 0 Å². The van der Waals surface area contributed by atoms with E-state index in [2.05, 4.69) is 10.2 Å². The first-order valence-electron chi connectivity index (χ1n) is 8.74. The molecule has 0 bridgehead atoms. The number of hydrogen-bond acceptors (Lipinski definition) is 5. The average molecular weight is 442 g/mol. The molecule has 6 nitrogen and oxygen atoms in total. The van der Waals surface area contributed by atoms with Gasteiger partial charge in [-0.3, -0.25) is 15.0 Å². The van der Waals surface area contributed by atoms with E-state index < -0.39 is 24.9 Å². The van der Waals surface area contributed by atoms with E-state index in [0.29, 0.717) is 26.2 Å². The number of carbonyl (C=O) groups is 1. The lowest BCUT2D eigenvalue weighted by Gasteiger charge is -2.36. The van der Waals surface area contributed by atoms with Crippen molar-refractivity contribution < 1.29 is 23.0 Å². The Bertz CT molecular complexity index is 637. The van der Waals surface area contributed by atoms with Crippen molar-refractivity contribution in [3.8, 4) is 11.5 Å². The van der Waals surface area contributed by atoms with Gasteiger partial charge in [0, 0.05) is 45.2 Å². The first kappa shape index (κ1) is 24.7. The van der Waals surface area contributed by atoms with Crippen molar-refractivity contribution in [2.75, 3.05) is 46.9 Å². The lowest BCUT2D eigenvalue weighted by atomic mass is 10.1. The van der Waals surface area contributed by atoms with Crippen LogP contribution in [0.15, 0.2) is 18.2 Å². The standard InChI is InChI=1S/C18H25F2N3O3.2ClH/c1-25-14-7-13(8-15(9-14)26-2)11-22-3-5-23(6-4-22)17(24)16-10-18(19,20)12-21-16;;/h7-9,16,21H,3-6,10-12H2,1-2H3;2*1H. The predicted molar refractivity (Wildman–Crippen MR) is 107 cm³/mol. The van der Waals surface area contributed by atoms with Crippen molar-refractivity contribution in [3.63, 3.8) is 0 Å². The third kappa shape index (κ3) is 6.07. The summed E-state index contributed by atoms with van der Waals surface area (Å²) in [5, 5.41) is 2.64. The number of rotatable bonds is 5. The van der Waals surface area contributed by atoms with E-state index in [-0.39, 0.29) is 30.7 Å². The fourth-order valence-corrected chi connectivity index (χ4v) is 3.45. The van der Waals surface area contributed by atoms with Crippen LogP contribution < -0.4 is 14.8 Å². The summed E-state index contributed by atoms with van der Waals surface area (Å²) in [6, 6.07) is 4.99. The molecular formula is C18H27Cl2F2N3O3. The first-order valence-corrected chi connectivity index (χ1v) is 8.74. The van der Waals surface area contributed by atoms with Crippen LogP contribution >= 0.6 is 24.8 Å². The molecule has 2 heterocycles. The molecule has 0 aliphatic carbocycles. The number of piperazine rings is 1. The number of carbonyl (C=O) groups excluding carboxylic acids is 1. The first-order chi connectivity index (χ1) is 12.4. The van der Waals surface area contributed by atoms with Crippen LogP contribution in [0.3, 0.4) is 0 Å². The number of halogens is 4. The minimum atomic E-state index is -2.78. The Kier molecular flexibility index (Phi) is 9.20. The highest BCUT2D eigenvalue weighted by Crippen LogP contribution is 2.27. The van der Waals surface area contributed by atoms with Gasteiger partial charge in [0.05, 0.1) is 26.8 Å². The molecule has 0 spiro atoms. The predicted octanol–water partition coefficient (Wildman–Crippen LogP) is 2.19. The van der Waals surface area contributed by atoms with E-state index in [4.69, 9.17) is 9.47 Å². The topological polar surface area (TPSA) is 54.0 Å². The summed E-state index contributed by atoms with van der Waals surface area (Å²) in [5.74, 6) is -1.53. The van der Waals surface area contributed by atoms with Crippen molar-refractivity contribution in [1.29, 1.82) is 0 Å². The second-order valence-corrected chi connectivity index (χ2v) is 6.82. The Morgan fingerprint density at radius 3 is 2.14 bits per heavy atom. The van der Waals surface area contributed by atoms with Gasteiger partial charge in [-0.05, 0) is 17.7 Å². The average Bonchev–Trinajstić information content (AvgIpc) is 3.01. The SMILES string of the molecule is COc1cc(CN2CCN(C(=O)C3CC(F)(F)CN3)CC2)cc(OC)c1.Cl.Cl. The molecule has 2 saturated heterocycles. The zero-order valence-electron chi connectivity index (χ0n) is 16.0. The minimum Gasteiger partial charge on any atom is -0.497 e. The highest BCUT2D eigenvalue weighted by molar-refractivity contribution is 5.85. The number of hydrogen-bond donors (Lipinski definition) is 1. The van der Waals surface area contributed by atoms with Crippen LogP contribution in [0.4, 0.5) is 8.78 Å². The van der Waals surface area contributed by atoms with Crippen LogP contribution in [-0.4, -0.2) is 74.6 Å². The maximum absolute atomic E-state index is 13.3. The maximum atomic E-state index is 13.3. The van der Waals surface area contributed by atoms with Crippen LogP contribution in [0.2, 0.25) is 0 Å². The number of methoxy groups -OCH3 is 2. The van der Waals surface area contributed by atoms with E-state index in [9.17, 15) is 13.6 Å². The quantitative estimate of drug-likeness (QED) is 0.758. The number of nitrogens with zero attached hydrogens (tertiary/aromatic N) is 2. The second-order valence-electron chi connectivity index (χ2n) is 6.82. The fourth-order valence-electron chi connectivity index (χ4n) is 3.45. The van der Waals surface area contributed by atoms with Gasteiger partial charge in [0.2, 0.25) is 5.91 Å². The summed E-state index contributed by atoms with van der Waals surface area (Å²) in [7, 11) is 3.23. The van der Waals surface area contributed by atoms with Gasteiger partial charge in [0.25, 0.3) is 5.92 Å². The van der Waals surface area contributed by atoms with Crippen LogP contribution in [0, 0.1) is 0 Å². The number of ether oxygens (including phenoxy) is 2. The molecule has 0 radical (unpaired) electrons. The van der Waals surface area contributed by atoms with Gasteiger partial charge in [-0.1, -0.05) is 0 Å². The summed E-state index contributed by atoms with van der Waals surface area (Å²) in [6.45, 7) is 2.80. The molecule has 2 aliphatic heterocycles. The minimum absolute atomic E-state index is 0. The third-order valence-corrected chi connectivity index (χ3v) is 4.91. The van der Waals surface area contributed by atoms with Crippen molar-refractivity contribution in [2.24, 2.45) is 0 Å². The third-order valence-electron chi connectivity index (χ3n) is 4.91. The van der Waals surface area contributed by atoms with Gasteiger partial charge in [-0.2, -0.15) is 0 Å². The van der Waals surface area contributed by atoms with Gasteiger partial charge < -0.3 is 14.4 Å². The highest BCUT2D eigenvalue weighted by Gasteiger charge is 2.43. The summed E-state index contributed by atoms with van der Waals surface area (Å²) in [6.07, 6.45) is -0.407. The molecule has 160 valence electrons. The molecule has 0 aromatic heterocycles. The van der Waals surface area contributed by atoms with Crippen molar-refractivity contribution in [1.82, 2.24) is 15.1 Å². The number of benzene rings is 1. The lowest BCUT2D eigenvalue weighted by molar-refractivity contribution is -0.135. The van der Waals surface area contributed by atoms with Crippen LogP contribution in [0.5, 0.6) is 11.5 Å². The van der Waals surface area contributed by atoms with Gasteiger partial charge in [-0.15, -0.1) is 24.8 Å². The molecule has 10 heteroatoms. The van der Waals surface area contributed by atoms with Gasteiger partial charge in [0.1, 0.15) is 11.5 Å². The molecular weight excluding hydrogens is 415 g/mol. The number of nitrogens with one attached hydrogen (secondary N) is 1. The summed E-state index contributed by atoms with van der Waals surface area (Å²) in [4.78, 5) is 16.3. The Morgan fingerprint density at radius 2 is 1.68 bits per heavy atom. The fraction of sp³-hybridized carbons (Fsp3) is 0.611. The normalized spacial score (nSPS) is 21.4. The smallest absolute Gasteiger partial charge is 0.262 e. The van der Waals surface area contributed by atoms with Gasteiger partial charge >= 0.3 is 0 Å². The maximum Gasteiger partial charge on any atom is 0.262 e. The monoisotopic (exact) mass is 441 g/mol. The molecule has 1 amide bonds. The summed E-state index contributed by atoms with van der Waals surface area (Å²) in [5.41, 5.74) is 1.07. The number of amides is 1. The zero-order valence-corrected chi connectivity index (χ0v) is 17.6. The molecule has 1 N–H and O–H groups in total. The Balaban J connectivity index is 0.00000196. The van der Waals surface area contributed by atoms with E-state index in [0.717, 1.165) is 23.6 Å². The summed E-state index contributed by atoms with van der Waals surface area (Å²) < 4.78 is 37.2. The van der Waals surface area contributed by atoms with Crippen LogP contribution in [0.1, 0.15) is 12.0 Å². The molecule has 1 unspecified atom stereocenters. The van der Waals surface area contributed by atoms with E-state index in [1.807, 2.05) is 18.2 Å². The number of alkyl halides is 2.